The van der Waals surface area contributed by atoms with Crippen LogP contribution >= 0.6 is 0 Å². The zero-order valence-electron chi connectivity index (χ0n) is 42.6. The Morgan fingerprint density at radius 2 is 1.24 bits per heavy atom. The van der Waals surface area contributed by atoms with Crippen LogP contribution in [-0.2, 0) is 33.4 Å². The molecule has 0 spiro atoms. The molecule has 1 aliphatic carbocycles. The molecule has 3 rings (SSSR count). The van der Waals surface area contributed by atoms with Crippen LogP contribution in [0, 0.1) is 23.7 Å². The first-order valence-electron chi connectivity index (χ1n) is 24.0. The van der Waals surface area contributed by atoms with E-state index in [0.29, 0.717) is 38.6 Å². The lowest BCUT2D eigenvalue weighted by molar-refractivity contribution is -0.145. The molecule has 0 bridgehead atoms. The van der Waals surface area contributed by atoms with Crippen molar-refractivity contribution < 1.29 is 43.0 Å². The van der Waals surface area contributed by atoms with Gasteiger partial charge in [0.1, 0.15) is 36.6 Å². The van der Waals surface area contributed by atoms with Gasteiger partial charge in [0.15, 0.2) is 0 Å². The fourth-order valence-corrected chi connectivity index (χ4v) is 8.61. The van der Waals surface area contributed by atoms with Crippen molar-refractivity contribution in [2.45, 2.75) is 156 Å². The van der Waals surface area contributed by atoms with Gasteiger partial charge in [0.05, 0.1) is 6.04 Å². The van der Waals surface area contributed by atoms with E-state index in [1.54, 1.807) is 39.8 Å². The Hall–Kier alpha value is -5.47. The summed E-state index contributed by atoms with van der Waals surface area (Å²) in [5, 5.41) is 8.23. The number of nitrogens with zero attached hydrogens (tertiary/aromatic N) is 3. The maximum Gasteiger partial charge on any atom is 0.409 e. The van der Waals surface area contributed by atoms with Gasteiger partial charge in [-0.05, 0) is 113 Å². The van der Waals surface area contributed by atoms with Gasteiger partial charge in [-0.25, -0.2) is 9.59 Å². The molecule has 15 nitrogen and oxygen atoms in total. The molecule has 2 aromatic rings. The van der Waals surface area contributed by atoms with Gasteiger partial charge in [-0.2, -0.15) is 0 Å². The summed E-state index contributed by atoms with van der Waals surface area (Å²) in [5.74, 6) is -2.59. The molecule has 0 saturated carbocycles. The molecule has 0 fully saturated rings. The van der Waals surface area contributed by atoms with Crippen molar-refractivity contribution in [2.75, 3.05) is 34.3 Å². The average molecular weight is 933 g/mol. The van der Waals surface area contributed by atoms with Gasteiger partial charge in [-0.3, -0.25) is 19.2 Å². The predicted molar refractivity (Wildman–Crippen MR) is 261 cm³/mol. The number of carbonyl (C=O) groups is 7. The fraction of sp³-hybridized carbons (Fsp3) is 0.635. The third kappa shape index (κ3) is 16.4. The van der Waals surface area contributed by atoms with E-state index in [-0.39, 0.29) is 42.6 Å². The van der Waals surface area contributed by atoms with Crippen LogP contribution in [0.1, 0.15) is 132 Å². The number of rotatable bonds is 24. The van der Waals surface area contributed by atoms with Gasteiger partial charge in [-0.1, -0.05) is 90.1 Å². The molecule has 0 radical (unpaired) electrons. The molecule has 1 aliphatic rings. The largest absolute Gasteiger partial charge is 0.448 e. The van der Waals surface area contributed by atoms with Crippen molar-refractivity contribution in [1.82, 2.24) is 30.7 Å². The number of fused-ring (bicyclic) bond motifs is 3. The molecule has 0 aromatic heterocycles. The van der Waals surface area contributed by atoms with Crippen molar-refractivity contribution in [2.24, 2.45) is 23.7 Å². The molecule has 2 aromatic carbocycles. The monoisotopic (exact) mass is 933 g/mol. The summed E-state index contributed by atoms with van der Waals surface area (Å²) in [6.45, 7) is 20.6. The number of amides is 6. The number of hydrogen-bond donors (Lipinski definition) is 3. The van der Waals surface area contributed by atoms with E-state index < -0.39 is 71.6 Å². The Morgan fingerprint density at radius 1 is 0.687 bits per heavy atom. The maximum absolute atomic E-state index is 14.7. The molecule has 0 saturated heterocycles. The number of nitrogens with one attached hydrogen (secondary N) is 3. The Morgan fingerprint density at radius 3 is 1.76 bits per heavy atom. The second kappa shape index (κ2) is 25.6. The summed E-state index contributed by atoms with van der Waals surface area (Å²) >= 11 is 0. The van der Waals surface area contributed by atoms with E-state index in [9.17, 15) is 33.6 Å². The smallest absolute Gasteiger partial charge is 0.409 e. The third-order valence-electron chi connectivity index (χ3n) is 12.5. The SMILES string of the molecule is CC(C)C[C@@H](C=O)N(C)C(=O)[C@@H](C)NC(=O)[C@H](C)NC(=O)[C@H](CC(C)C)N(C)C(=O)[C@@H](CC(CCCCNC(=O)OC(C)(C)C)N(C)C(=O)OCC1c2ccccc2-c2ccccc21)C(C)C. The fourth-order valence-electron chi connectivity index (χ4n) is 8.61. The standard InChI is InChI=1S/C52H80N6O9/c1-32(2)27-38(30-59)56(12)48(62)36(8)55-46(60)35(7)54-47(61)45(28-33(3)4)58(14)49(63)43(34(5)6)29-37(21-19-20-26-53-50(64)67-52(9,10)11)57(13)51(65)66-31-44-41-24-17-15-22-39(41)40-23-16-18-25-42(40)44/h15-18,22-25,30,32-38,43-45H,19-21,26-29,31H2,1-14H3,(H,53,64)(H,54,61)(H,55,60)/t35-,36+,37?,38-,43-,45-/m0/s1. The maximum atomic E-state index is 14.7. The van der Waals surface area contributed by atoms with Crippen molar-refractivity contribution in [3.05, 3.63) is 59.7 Å². The number of carbonyl (C=O) groups excluding carboxylic acids is 7. The molecule has 0 heterocycles. The number of alkyl carbamates (subject to hydrolysis) is 1. The van der Waals surface area contributed by atoms with Crippen LogP contribution in [-0.4, -0.2) is 127 Å². The van der Waals surface area contributed by atoms with E-state index in [4.69, 9.17) is 9.47 Å². The molecular formula is C52H80N6O9. The van der Waals surface area contributed by atoms with Crippen LogP contribution in [0.3, 0.4) is 0 Å². The predicted octanol–water partition coefficient (Wildman–Crippen LogP) is 7.55. The van der Waals surface area contributed by atoms with Gasteiger partial charge < -0.3 is 44.9 Å². The number of ether oxygens (including phenoxy) is 2. The second-order valence-corrected chi connectivity index (χ2v) is 20.4. The van der Waals surface area contributed by atoms with E-state index in [1.165, 1.54) is 30.7 Å². The molecule has 372 valence electrons. The number of benzene rings is 2. The summed E-state index contributed by atoms with van der Waals surface area (Å²) in [6.07, 6.45) is 2.47. The highest BCUT2D eigenvalue weighted by molar-refractivity contribution is 5.94. The Bertz CT molecular complexity index is 1950. The number of aldehydes is 1. The van der Waals surface area contributed by atoms with Crippen molar-refractivity contribution >= 4 is 42.1 Å². The van der Waals surface area contributed by atoms with Crippen LogP contribution in [0.2, 0.25) is 0 Å². The van der Waals surface area contributed by atoms with Gasteiger partial charge in [0.2, 0.25) is 23.6 Å². The van der Waals surface area contributed by atoms with Gasteiger partial charge in [0.25, 0.3) is 0 Å². The lowest BCUT2D eigenvalue weighted by Gasteiger charge is -2.36. The molecule has 6 amide bonds. The zero-order chi connectivity index (χ0) is 50.3. The summed E-state index contributed by atoms with van der Waals surface area (Å²) in [4.78, 5) is 97.8. The summed E-state index contributed by atoms with van der Waals surface area (Å²) < 4.78 is 11.5. The number of unbranched alkanes of at least 4 members (excludes halogenated alkanes) is 1. The quantitative estimate of drug-likeness (QED) is 0.0707. The topological polar surface area (TPSA) is 184 Å². The van der Waals surface area contributed by atoms with Crippen molar-refractivity contribution in [3.63, 3.8) is 0 Å². The van der Waals surface area contributed by atoms with E-state index >= 15 is 0 Å². The minimum absolute atomic E-state index is 0.000780. The van der Waals surface area contributed by atoms with E-state index in [2.05, 4.69) is 40.2 Å². The van der Waals surface area contributed by atoms with Crippen molar-refractivity contribution in [3.8, 4) is 11.1 Å². The first kappa shape index (κ1) is 55.9. The van der Waals surface area contributed by atoms with Crippen LogP contribution in [0.15, 0.2) is 48.5 Å². The van der Waals surface area contributed by atoms with Gasteiger partial charge >= 0.3 is 12.2 Å². The highest BCUT2D eigenvalue weighted by atomic mass is 16.6. The molecule has 1 unspecified atom stereocenters. The van der Waals surface area contributed by atoms with Crippen LogP contribution in [0.25, 0.3) is 11.1 Å². The van der Waals surface area contributed by atoms with Crippen molar-refractivity contribution in [1.29, 1.82) is 0 Å². The minimum atomic E-state index is -1.05. The molecule has 3 N–H and O–H groups in total. The number of hydrogen-bond acceptors (Lipinski definition) is 9. The minimum Gasteiger partial charge on any atom is -0.448 e. The second-order valence-electron chi connectivity index (χ2n) is 20.4. The third-order valence-corrected chi connectivity index (χ3v) is 12.5. The van der Waals surface area contributed by atoms with E-state index in [1.807, 2.05) is 65.8 Å². The van der Waals surface area contributed by atoms with Gasteiger partial charge in [-0.15, -0.1) is 0 Å². The first-order valence-corrected chi connectivity index (χ1v) is 24.0. The highest BCUT2D eigenvalue weighted by Crippen LogP contribution is 2.44. The molecule has 67 heavy (non-hydrogen) atoms. The average Bonchev–Trinajstić information content (AvgIpc) is 3.58. The lowest BCUT2D eigenvalue weighted by Crippen LogP contribution is -2.57. The highest BCUT2D eigenvalue weighted by Gasteiger charge is 2.38. The molecular weight excluding hydrogens is 853 g/mol. The molecule has 6 atom stereocenters. The Kier molecular flexibility index (Phi) is 21.3. The molecule has 0 aliphatic heterocycles. The van der Waals surface area contributed by atoms with Crippen LogP contribution in [0.4, 0.5) is 9.59 Å². The zero-order valence-corrected chi connectivity index (χ0v) is 42.6. The lowest BCUT2D eigenvalue weighted by atomic mass is 9.85. The van der Waals surface area contributed by atoms with Gasteiger partial charge in [0, 0.05) is 45.6 Å². The normalized spacial score (nSPS) is 15.0. The first-order chi connectivity index (χ1) is 31.4. The summed E-state index contributed by atoms with van der Waals surface area (Å²) in [7, 11) is 4.81. The Labute approximate surface area is 399 Å². The van der Waals surface area contributed by atoms with Crippen LogP contribution < -0.4 is 16.0 Å². The van der Waals surface area contributed by atoms with E-state index in [0.717, 1.165) is 28.5 Å². The number of likely N-dealkylation sites (N-methyl/N-ethyl adjacent to an activating group) is 2. The summed E-state index contributed by atoms with van der Waals surface area (Å²) in [6, 6.07) is 12.2. The molecule has 15 heteroatoms. The summed E-state index contributed by atoms with van der Waals surface area (Å²) in [5.41, 5.74) is 3.78. The van der Waals surface area contributed by atoms with Crippen LogP contribution in [0.5, 0.6) is 0 Å². The Balaban J connectivity index is 1.79.